The number of nitrogens with zero attached hydrogens (tertiary/aromatic N) is 1. The van der Waals surface area contributed by atoms with Gasteiger partial charge < -0.3 is 15.7 Å². The third-order valence-electron chi connectivity index (χ3n) is 4.94. The fraction of sp³-hybridized carbons (Fsp3) is 0.611. The number of likely N-dealkylation sites (tertiary alicyclic amines) is 1. The van der Waals surface area contributed by atoms with Gasteiger partial charge in [-0.1, -0.05) is 24.3 Å². The van der Waals surface area contributed by atoms with Crippen LogP contribution in [0.2, 0.25) is 0 Å². The third kappa shape index (κ3) is 4.69. The van der Waals surface area contributed by atoms with Crippen molar-refractivity contribution in [1.82, 2.24) is 15.5 Å². The Bertz CT molecular complexity index is 520. The highest BCUT2D eigenvalue weighted by molar-refractivity contribution is 5.73. The van der Waals surface area contributed by atoms with E-state index in [1.165, 1.54) is 31.5 Å². The fourth-order valence-electron chi connectivity index (χ4n) is 3.21. The van der Waals surface area contributed by atoms with E-state index in [4.69, 9.17) is 0 Å². The lowest BCUT2D eigenvalue weighted by Gasteiger charge is -2.36. The van der Waals surface area contributed by atoms with Gasteiger partial charge in [-0.3, -0.25) is 4.90 Å². The number of hydrogen-bond acceptors (Lipinski definition) is 3. The maximum atomic E-state index is 11.8. The quantitative estimate of drug-likeness (QED) is 0.752. The Kier molecular flexibility index (Phi) is 5.18. The van der Waals surface area contributed by atoms with Gasteiger partial charge in [-0.15, -0.1) is 0 Å². The molecule has 1 heterocycles. The van der Waals surface area contributed by atoms with E-state index in [9.17, 15) is 9.90 Å². The monoisotopic (exact) mass is 317 g/mol. The largest absolute Gasteiger partial charge is 0.388 e. The van der Waals surface area contributed by atoms with Gasteiger partial charge in [-0.2, -0.15) is 0 Å². The Labute approximate surface area is 138 Å². The van der Waals surface area contributed by atoms with E-state index in [0.717, 1.165) is 31.4 Å². The van der Waals surface area contributed by atoms with E-state index in [0.29, 0.717) is 13.1 Å². The predicted octanol–water partition coefficient (Wildman–Crippen LogP) is 2.00. The van der Waals surface area contributed by atoms with Gasteiger partial charge in [0.2, 0.25) is 0 Å². The molecule has 1 aliphatic heterocycles. The zero-order valence-electron chi connectivity index (χ0n) is 13.7. The molecule has 0 atom stereocenters. The molecule has 1 aromatic carbocycles. The number of rotatable bonds is 6. The Morgan fingerprint density at radius 2 is 1.70 bits per heavy atom. The molecule has 0 aromatic heterocycles. The summed E-state index contributed by atoms with van der Waals surface area (Å²) in [5, 5.41) is 15.5. The standard InChI is InChI=1S/C18H27N3O2/c22-17(20-14-18(23)8-3-9-18)19-12-15-4-6-16(7-5-15)13-21-10-1-2-11-21/h4-7,23H,1-3,8-14H2,(H2,19,20,22). The maximum Gasteiger partial charge on any atom is 0.315 e. The SMILES string of the molecule is O=C(NCc1ccc(CN2CCCC2)cc1)NCC1(O)CCC1. The molecule has 5 nitrogen and oxygen atoms in total. The van der Waals surface area contributed by atoms with E-state index in [-0.39, 0.29) is 6.03 Å². The Balaban J connectivity index is 1.38. The highest BCUT2D eigenvalue weighted by atomic mass is 16.3. The van der Waals surface area contributed by atoms with Crippen molar-refractivity contribution in [2.75, 3.05) is 19.6 Å². The summed E-state index contributed by atoms with van der Waals surface area (Å²) in [6.07, 6.45) is 5.24. The van der Waals surface area contributed by atoms with Gasteiger partial charge in [0.1, 0.15) is 0 Å². The van der Waals surface area contributed by atoms with Crippen LogP contribution in [0, 0.1) is 0 Å². The second-order valence-corrected chi connectivity index (χ2v) is 6.91. The molecular weight excluding hydrogens is 290 g/mol. The van der Waals surface area contributed by atoms with Crippen LogP contribution in [0.15, 0.2) is 24.3 Å². The number of benzene rings is 1. The van der Waals surface area contributed by atoms with Crippen LogP contribution in [-0.2, 0) is 13.1 Å². The summed E-state index contributed by atoms with van der Waals surface area (Å²) in [5.41, 5.74) is 1.74. The summed E-state index contributed by atoms with van der Waals surface area (Å²) in [6, 6.07) is 8.22. The molecule has 1 saturated heterocycles. The molecule has 2 amide bonds. The minimum absolute atomic E-state index is 0.216. The molecule has 3 N–H and O–H groups in total. The molecule has 5 heteroatoms. The van der Waals surface area contributed by atoms with E-state index >= 15 is 0 Å². The summed E-state index contributed by atoms with van der Waals surface area (Å²) < 4.78 is 0. The van der Waals surface area contributed by atoms with Crippen LogP contribution >= 0.6 is 0 Å². The molecule has 3 rings (SSSR count). The van der Waals surface area contributed by atoms with Crippen molar-refractivity contribution in [1.29, 1.82) is 0 Å². The van der Waals surface area contributed by atoms with Crippen molar-refractivity contribution in [2.24, 2.45) is 0 Å². The first-order chi connectivity index (χ1) is 11.1. The van der Waals surface area contributed by atoms with Crippen molar-refractivity contribution < 1.29 is 9.90 Å². The number of aliphatic hydroxyl groups is 1. The van der Waals surface area contributed by atoms with Gasteiger partial charge in [0, 0.05) is 19.6 Å². The van der Waals surface area contributed by atoms with Crippen molar-refractivity contribution in [3.8, 4) is 0 Å². The second-order valence-electron chi connectivity index (χ2n) is 6.91. The number of urea groups is 1. The third-order valence-corrected chi connectivity index (χ3v) is 4.94. The van der Waals surface area contributed by atoms with Crippen LogP contribution in [0.1, 0.15) is 43.2 Å². The molecule has 0 bridgehead atoms. The van der Waals surface area contributed by atoms with Gasteiger partial charge in [0.15, 0.2) is 0 Å². The number of nitrogens with one attached hydrogen (secondary N) is 2. The first kappa shape index (κ1) is 16.3. The van der Waals surface area contributed by atoms with E-state index in [2.05, 4.69) is 39.8 Å². The van der Waals surface area contributed by atoms with Crippen molar-refractivity contribution in [3.63, 3.8) is 0 Å². The second kappa shape index (κ2) is 7.32. The maximum absolute atomic E-state index is 11.8. The molecule has 0 radical (unpaired) electrons. The molecule has 0 unspecified atom stereocenters. The van der Waals surface area contributed by atoms with Crippen LogP contribution in [0.3, 0.4) is 0 Å². The van der Waals surface area contributed by atoms with Crippen molar-refractivity contribution >= 4 is 6.03 Å². The summed E-state index contributed by atoms with van der Waals surface area (Å²) >= 11 is 0. The summed E-state index contributed by atoms with van der Waals surface area (Å²) in [7, 11) is 0. The molecule has 1 saturated carbocycles. The highest BCUT2D eigenvalue weighted by Crippen LogP contribution is 2.30. The van der Waals surface area contributed by atoms with Gasteiger partial charge in [-0.25, -0.2) is 4.79 Å². The first-order valence-electron chi connectivity index (χ1n) is 8.67. The minimum Gasteiger partial charge on any atom is -0.388 e. The van der Waals surface area contributed by atoms with Crippen LogP contribution in [-0.4, -0.2) is 41.3 Å². The number of amides is 2. The molecule has 126 valence electrons. The van der Waals surface area contributed by atoms with Crippen LogP contribution < -0.4 is 10.6 Å². The average molecular weight is 317 g/mol. The summed E-state index contributed by atoms with van der Waals surface area (Å²) in [5.74, 6) is 0. The van der Waals surface area contributed by atoms with E-state index < -0.39 is 5.60 Å². The number of hydrogen-bond donors (Lipinski definition) is 3. The molecule has 23 heavy (non-hydrogen) atoms. The lowest BCUT2D eigenvalue weighted by atomic mass is 9.80. The van der Waals surface area contributed by atoms with E-state index in [1.54, 1.807) is 0 Å². The van der Waals surface area contributed by atoms with Crippen LogP contribution in [0.5, 0.6) is 0 Å². The summed E-state index contributed by atoms with van der Waals surface area (Å²) in [4.78, 5) is 14.2. The molecule has 1 aromatic rings. The van der Waals surface area contributed by atoms with E-state index in [1.807, 2.05) is 0 Å². The lowest BCUT2D eigenvalue weighted by molar-refractivity contribution is -0.0290. The number of carbonyl (C=O) groups is 1. The van der Waals surface area contributed by atoms with Crippen molar-refractivity contribution in [2.45, 2.75) is 50.8 Å². The predicted molar refractivity (Wildman–Crippen MR) is 90.0 cm³/mol. The molecule has 2 aliphatic rings. The summed E-state index contributed by atoms with van der Waals surface area (Å²) in [6.45, 7) is 4.28. The van der Waals surface area contributed by atoms with Gasteiger partial charge in [0.25, 0.3) is 0 Å². The average Bonchev–Trinajstić information content (AvgIpc) is 3.03. The molecule has 2 fully saturated rings. The Hall–Kier alpha value is -1.59. The van der Waals surface area contributed by atoms with Gasteiger partial charge in [-0.05, 0) is 56.3 Å². The molecular formula is C18H27N3O2. The zero-order valence-corrected chi connectivity index (χ0v) is 13.7. The zero-order chi connectivity index (χ0) is 16.1. The Morgan fingerprint density at radius 1 is 1.04 bits per heavy atom. The fourth-order valence-corrected chi connectivity index (χ4v) is 3.21. The lowest BCUT2D eigenvalue weighted by Crippen LogP contribution is -2.49. The molecule has 1 aliphatic carbocycles. The molecule has 0 spiro atoms. The first-order valence-corrected chi connectivity index (χ1v) is 8.67. The smallest absolute Gasteiger partial charge is 0.315 e. The normalized spacial score (nSPS) is 20.0. The Morgan fingerprint density at radius 3 is 2.30 bits per heavy atom. The highest BCUT2D eigenvalue weighted by Gasteiger charge is 2.34. The van der Waals surface area contributed by atoms with Crippen molar-refractivity contribution in [3.05, 3.63) is 35.4 Å². The van der Waals surface area contributed by atoms with Crippen LogP contribution in [0.25, 0.3) is 0 Å². The number of carbonyl (C=O) groups excluding carboxylic acids is 1. The van der Waals surface area contributed by atoms with Gasteiger partial charge in [0.05, 0.1) is 5.60 Å². The topological polar surface area (TPSA) is 64.6 Å². The van der Waals surface area contributed by atoms with Gasteiger partial charge >= 0.3 is 6.03 Å². The van der Waals surface area contributed by atoms with Crippen LogP contribution in [0.4, 0.5) is 4.79 Å². The minimum atomic E-state index is -0.672.